The lowest BCUT2D eigenvalue weighted by atomic mass is 9.71. The zero-order chi connectivity index (χ0) is 11.8. The summed E-state index contributed by atoms with van der Waals surface area (Å²) in [6, 6.07) is 10.1. The van der Waals surface area contributed by atoms with Crippen LogP contribution in [0.2, 0.25) is 0 Å². The highest BCUT2D eigenvalue weighted by molar-refractivity contribution is 5.24. The van der Waals surface area contributed by atoms with Gasteiger partial charge in [0.15, 0.2) is 0 Å². The lowest BCUT2D eigenvalue weighted by Gasteiger charge is -2.44. The molecule has 0 amide bonds. The van der Waals surface area contributed by atoms with Crippen molar-refractivity contribution in [2.45, 2.75) is 19.4 Å². The van der Waals surface area contributed by atoms with Crippen molar-refractivity contribution in [3.8, 4) is 0 Å². The van der Waals surface area contributed by atoms with Gasteiger partial charge in [0.25, 0.3) is 0 Å². The quantitative estimate of drug-likeness (QED) is 0.714. The molecule has 0 bridgehead atoms. The van der Waals surface area contributed by atoms with E-state index in [0.717, 1.165) is 18.7 Å². The molecule has 2 N–H and O–H groups in total. The molecule has 0 aromatic heterocycles. The van der Waals surface area contributed by atoms with Crippen molar-refractivity contribution in [2.24, 2.45) is 11.8 Å². The maximum absolute atomic E-state index is 11.0. The van der Waals surface area contributed by atoms with Crippen LogP contribution in [0.25, 0.3) is 0 Å². The second-order valence-corrected chi connectivity index (χ2v) is 5.36. The van der Waals surface area contributed by atoms with Crippen LogP contribution in [0.3, 0.4) is 0 Å². The summed E-state index contributed by atoms with van der Waals surface area (Å²) >= 11 is 0. The molecular formula is C14H22NO+. The smallest absolute Gasteiger partial charge is 0.105 e. The predicted octanol–water partition coefficient (Wildman–Crippen LogP) is 0.675. The number of rotatable bonds is 1. The van der Waals surface area contributed by atoms with Gasteiger partial charge in [-0.1, -0.05) is 44.2 Å². The third kappa shape index (κ3) is 1.76. The molecule has 16 heavy (non-hydrogen) atoms. The maximum Gasteiger partial charge on any atom is 0.105 e. The van der Waals surface area contributed by atoms with Crippen LogP contribution in [0.1, 0.15) is 19.4 Å². The SMILES string of the molecule is C[C@@H]1C[NH+](C)C[C@@H](C)C1(O)c1ccccc1. The largest absolute Gasteiger partial charge is 0.384 e. The van der Waals surface area contributed by atoms with Gasteiger partial charge in [-0.2, -0.15) is 0 Å². The first-order valence-corrected chi connectivity index (χ1v) is 6.14. The summed E-state index contributed by atoms with van der Waals surface area (Å²) in [5.41, 5.74) is 0.420. The van der Waals surface area contributed by atoms with Gasteiger partial charge in [0, 0.05) is 11.8 Å². The van der Waals surface area contributed by atoms with Gasteiger partial charge in [-0.05, 0) is 5.56 Å². The summed E-state index contributed by atoms with van der Waals surface area (Å²) in [5.74, 6) is 0.609. The van der Waals surface area contributed by atoms with E-state index in [1.165, 1.54) is 4.90 Å². The minimum Gasteiger partial charge on any atom is -0.384 e. The first kappa shape index (κ1) is 11.6. The van der Waals surface area contributed by atoms with Crippen molar-refractivity contribution in [1.82, 2.24) is 0 Å². The number of nitrogens with one attached hydrogen (secondary N) is 1. The van der Waals surface area contributed by atoms with E-state index in [4.69, 9.17) is 0 Å². The van der Waals surface area contributed by atoms with Crippen LogP contribution in [0.15, 0.2) is 30.3 Å². The van der Waals surface area contributed by atoms with Crippen LogP contribution < -0.4 is 4.90 Å². The molecule has 2 rings (SSSR count). The summed E-state index contributed by atoms with van der Waals surface area (Å²) in [4.78, 5) is 1.51. The number of piperidine rings is 1. The number of aliphatic hydroxyl groups is 1. The van der Waals surface area contributed by atoms with Crippen LogP contribution in [-0.2, 0) is 5.60 Å². The van der Waals surface area contributed by atoms with E-state index < -0.39 is 5.60 Å². The van der Waals surface area contributed by atoms with E-state index in [-0.39, 0.29) is 0 Å². The molecule has 1 saturated heterocycles. The van der Waals surface area contributed by atoms with Gasteiger partial charge < -0.3 is 10.0 Å². The van der Waals surface area contributed by atoms with Gasteiger partial charge in [0.2, 0.25) is 0 Å². The summed E-state index contributed by atoms with van der Waals surface area (Å²) in [6.07, 6.45) is 0. The van der Waals surface area contributed by atoms with Gasteiger partial charge in [0.05, 0.1) is 20.1 Å². The van der Waals surface area contributed by atoms with Crippen LogP contribution in [-0.4, -0.2) is 25.2 Å². The zero-order valence-corrected chi connectivity index (χ0v) is 10.4. The Balaban J connectivity index is 2.36. The van der Waals surface area contributed by atoms with Gasteiger partial charge in [-0.3, -0.25) is 0 Å². The summed E-state index contributed by atoms with van der Waals surface area (Å²) in [6.45, 7) is 6.39. The van der Waals surface area contributed by atoms with Crippen LogP contribution in [0, 0.1) is 11.8 Å². The van der Waals surface area contributed by atoms with E-state index in [9.17, 15) is 5.11 Å². The van der Waals surface area contributed by atoms with E-state index in [0.29, 0.717) is 11.8 Å². The Morgan fingerprint density at radius 1 is 1.12 bits per heavy atom. The number of benzene rings is 1. The second-order valence-electron chi connectivity index (χ2n) is 5.36. The Morgan fingerprint density at radius 2 is 1.62 bits per heavy atom. The molecular weight excluding hydrogens is 198 g/mol. The molecule has 0 radical (unpaired) electrons. The molecule has 0 saturated carbocycles. The first-order valence-electron chi connectivity index (χ1n) is 6.14. The molecule has 2 nitrogen and oxygen atoms in total. The van der Waals surface area contributed by atoms with Gasteiger partial charge in [-0.15, -0.1) is 0 Å². The Bertz CT molecular complexity index is 337. The Hall–Kier alpha value is -0.860. The van der Waals surface area contributed by atoms with E-state index in [2.05, 4.69) is 20.9 Å². The summed E-state index contributed by atoms with van der Waals surface area (Å²) in [5, 5.41) is 11.0. The molecule has 1 fully saturated rings. The van der Waals surface area contributed by atoms with Crippen molar-refractivity contribution in [2.75, 3.05) is 20.1 Å². The zero-order valence-electron chi connectivity index (χ0n) is 10.4. The first-order chi connectivity index (χ1) is 7.55. The third-order valence-electron chi connectivity index (χ3n) is 4.05. The highest BCUT2D eigenvalue weighted by Gasteiger charge is 2.46. The summed E-state index contributed by atoms with van der Waals surface area (Å²) in [7, 11) is 2.21. The molecule has 1 aliphatic rings. The van der Waals surface area contributed by atoms with Gasteiger partial charge in [0.1, 0.15) is 5.60 Å². The van der Waals surface area contributed by atoms with Crippen LogP contribution >= 0.6 is 0 Å². The Kier molecular flexibility index (Phi) is 3.04. The molecule has 2 heteroatoms. The summed E-state index contributed by atoms with van der Waals surface area (Å²) < 4.78 is 0. The fourth-order valence-electron chi connectivity index (χ4n) is 3.20. The average Bonchev–Trinajstić information content (AvgIpc) is 2.27. The van der Waals surface area contributed by atoms with Crippen LogP contribution in [0.4, 0.5) is 0 Å². The predicted molar refractivity (Wildman–Crippen MR) is 65.3 cm³/mol. The van der Waals surface area contributed by atoms with Crippen molar-refractivity contribution in [3.63, 3.8) is 0 Å². The van der Waals surface area contributed by atoms with Crippen LogP contribution in [0.5, 0.6) is 0 Å². The minimum atomic E-state index is -0.652. The number of quaternary nitrogens is 1. The fourth-order valence-corrected chi connectivity index (χ4v) is 3.20. The second kappa shape index (κ2) is 4.19. The molecule has 1 heterocycles. The number of hydrogen-bond donors (Lipinski definition) is 2. The van der Waals surface area contributed by atoms with Crippen molar-refractivity contribution >= 4 is 0 Å². The minimum absolute atomic E-state index is 0.304. The molecule has 0 unspecified atom stereocenters. The number of likely N-dealkylation sites (tertiary alicyclic amines) is 1. The van der Waals surface area contributed by atoms with E-state index >= 15 is 0 Å². The van der Waals surface area contributed by atoms with Gasteiger partial charge >= 0.3 is 0 Å². The van der Waals surface area contributed by atoms with Crippen molar-refractivity contribution in [1.29, 1.82) is 0 Å². The molecule has 88 valence electrons. The fraction of sp³-hybridized carbons (Fsp3) is 0.571. The Morgan fingerprint density at radius 3 is 2.12 bits per heavy atom. The van der Waals surface area contributed by atoms with Crippen molar-refractivity contribution < 1.29 is 10.0 Å². The normalized spacial score (nSPS) is 39.6. The van der Waals surface area contributed by atoms with E-state index in [1.807, 2.05) is 30.3 Å². The Labute approximate surface area is 97.9 Å². The molecule has 2 atom stereocenters. The third-order valence-corrected chi connectivity index (χ3v) is 4.05. The lowest BCUT2D eigenvalue weighted by Crippen LogP contribution is -3.12. The monoisotopic (exact) mass is 220 g/mol. The molecule has 1 aliphatic heterocycles. The van der Waals surface area contributed by atoms with Gasteiger partial charge in [-0.25, -0.2) is 0 Å². The van der Waals surface area contributed by atoms with Crippen molar-refractivity contribution in [3.05, 3.63) is 35.9 Å². The standard InChI is InChI=1S/C14H21NO/c1-11-9-15(3)10-12(2)14(11,16)13-7-5-4-6-8-13/h4-8,11-12,16H,9-10H2,1-3H3/p+1/t11-,12-/m1/s1. The molecule has 1 aromatic rings. The highest BCUT2D eigenvalue weighted by atomic mass is 16.3. The average molecular weight is 220 g/mol. The maximum atomic E-state index is 11.0. The lowest BCUT2D eigenvalue weighted by molar-refractivity contribution is -0.896. The highest BCUT2D eigenvalue weighted by Crippen LogP contribution is 2.37. The molecule has 0 spiro atoms. The molecule has 1 aromatic carbocycles. The molecule has 0 aliphatic carbocycles. The number of hydrogen-bond acceptors (Lipinski definition) is 1. The van der Waals surface area contributed by atoms with E-state index in [1.54, 1.807) is 0 Å². The topological polar surface area (TPSA) is 24.7 Å².